The molecule has 0 radical (unpaired) electrons. The zero-order chi connectivity index (χ0) is 54.9. The topological polar surface area (TPSA) is 333 Å². The molecule has 0 saturated heterocycles. The molecule has 9 N–H and O–H groups in total. The van der Waals surface area contributed by atoms with E-state index in [0.29, 0.717) is 11.1 Å². The van der Waals surface area contributed by atoms with Crippen molar-refractivity contribution in [3.63, 3.8) is 0 Å². The number of hydrogen-bond acceptors (Lipinski definition) is 15. The lowest BCUT2D eigenvalue weighted by Crippen LogP contribution is -2.58. The third kappa shape index (κ3) is 24.2. The Morgan fingerprint density at radius 1 is 0.397 bits per heavy atom. The number of esters is 2. The van der Waals surface area contributed by atoms with Gasteiger partial charge in [0.25, 0.3) is 23.6 Å². The molecule has 0 aromatic heterocycles. The van der Waals surface area contributed by atoms with Gasteiger partial charge in [-0.1, -0.05) is 91.0 Å². The molecule has 3 aromatic rings. The first-order valence-corrected chi connectivity index (χ1v) is 22.6. The van der Waals surface area contributed by atoms with Crippen molar-refractivity contribution in [1.29, 1.82) is 0 Å². The lowest BCUT2D eigenvalue weighted by molar-refractivity contribution is -0.153. The van der Waals surface area contributed by atoms with Gasteiger partial charge in [-0.2, -0.15) is 0 Å². The van der Waals surface area contributed by atoms with Crippen LogP contribution in [0.25, 0.3) is 0 Å². The summed E-state index contributed by atoms with van der Waals surface area (Å²) >= 11 is 0. The van der Waals surface area contributed by atoms with Crippen molar-refractivity contribution in [2.75, 3.05) is 14.2 Å². The molecule has 0 fully saturated rings. The molecule has 9 amide bonds. The highest BCUT2D eigenvalue weighted by Gasteiger charge is 2.30. The monoisotopic (exact) mass is 1020 g/mol. The van der Waals surface area contributed by atoms with Gasteiger partial charge in [-0.25, -0.2) is 19.2 Å². The fourth-order valence-electron chi connectivity index (χ4n) is 5.81. The number of rotatable bonds is 16. The molecule has 0 unspecified atom stereocenters. The first kappa shape index (κ1) is 60.6. The molecule has 24 nitrogen and oxygen atoms in total. The second-order valence-corrected chi connectivity index (χ2v) is 17.9. The molecule has 3 rings (SSSR count). The van der Waals surface area contributed by atoms with Crippen molar-refractivity contribution in [3.8, 4) is 0 Å². The number of hydrazine groups is 2. The van der Waals surface area contributed by atoms with E-state index in [1.54, 1.807) is 126 Å². The van der Waals surface area contributed by atoms with Crippen LogP contribution < -0.4 is 48.3 Å². The molecule has 0 aliphatic rings. The number of benzene rings is 3. The minimum absolute atomic E-state index is 0.00900. The first-order chi connectivity index (χ1) is 34.2. The zero-order valence-electron chi connectivity index (χ0n) is 42.3. The summed E-state index contributed by atoms with van der Waals surface area (Å²) in [6.45, 7) is 12.9. The lowest BCUT2D eigenvalue weighted by Gasteiger charge is -2.24. The maximum atomic E-state index is 13.1. The Kier molecular flexibility index (Phi) is 24.5. The van der Waals surface area contributed by atoms with Gasteiger partial charge in [-0.15, -0.1) is 0 Å². The SMILES string of the molecule is COC(=O)C(=O)N[C@@H](Cc1ccccc1)C(=O)NNC(=O)[C@H](C)NC(=O)OC(C)(C)C.COC(=O)C(=O)N[C@@H](Cc1ccccc1)C(=O)NNC(=O)[C@H](C)NC(=O)[C@H](Cc1ccccc1)NC(=O)OC(C)(C)C. The van der Waals surface area contributed by atoms with Gasteiger partial charge in [0.2, 0.25) is 5.91 Å². The van der Waals surface area contributed by atoms with Crippen LogP contribution in [0.5, 0.6) is 0 Å². The summed E-state index contributed by atoms with van der Waals surface area (Å²) in [4.78, 5) is 134. The molecule has 396 valence electrons. The van der Waals surface area contributed by atoms with Gasteiger partial charge in [-0.05, 0) is 72.1 Å². The van der Waals surface area contributed by atoms with Crippen LogP contribution in [0, 0.1) is 0 Å². The Bertz CT molecular complexity index is 2380. The van der Waals surface area contributed by atoms with Crippen LogP contribution in [0.3, 0.4) is 0 Å². The van der Waals surface area contributed by atoms with Crippen molar-refractivity contribution in [2.24, 2.45) is 0 Å². The van der Waals surface area contributed by atoms with Crippen LogP contribution in [0.2, 0.25) is 0 Å². The number of amides is 9. The van der Waals surface area contributed by atoms with Crippen LogP contribution in [0.4, 0.5) is 9.59 Å². The van der Waals surface area contributed by atoms with E-state index in [1.165, 1.54) is 13.8 Å². The summed E-state index contributed by atoms with van der Waals surface area (Å²) in [5, 5.41) is 11.9. The minimum atomic E-state index is -1.24. The molecular weight excluding hydrogens is 955 g/mol. The Balaban J connectivity index is 0.000000524. The fourth-order valence-corrected chi connectivity index (χ4v) is 5.81. The Morgan fingerprint density at radius 2 is 0.685 bits per heavy atom. The van der Waals surface area contributed by atoms with Gasteiger partial charge in [0.1, 0.15) is 41.4 Å². The van der Waals surface area contributed by atoms with Crippen LogP contribution in [-0.4, -0.2) is 121 Å². The summed E-state index contributed by atoms with van der Waals surface area (Å²) in [5.41, 5.74) is 9.34. The smallest absolute Gasteiger partial charge is 0.408 e. The van der Waals surface area contributed by atoms with Crippen LogP contribution in [-0.2, 0) is 81.4 Å². The van der Waals surface area contributed by atoms with E-state index in [0.717, 1.165) is 19.8 Å². The largest absolute Gasteiger partial charge is 0.462 e. The molecule has 0 aliphatic heterocycles. The normalized spacial score (nSPS) is 12.7. The summed E-state index contributed by atoms with van der Waals surface area (Å²) < 4.78 is 19.1. The van der Waals surface area contributed by atoms with Crippen molar-refractivity contribution < 1.29 is 71.7 Å². The third-order valence-corrected chi connectivity index (χ3v) is 9.34. The molecule has 0 bridgehead atoms. The van der Waals surface area contributed by atoms with Crippen molar-refractivity contribution in [2.45, 2.75) is 116 Å². The average molecular weight is 1020 g/mol. The number of methoxy groups -OCH3 is 2. The Labute approximate surface area is 422 Å². The Hall–Kier alpha value is -8.57. The third-order valence-electron chi connectivity index (χ3n) is 9.34. The summed E-state index contributed by atoms with van der Waals surface area (Å²) in [5.74, 6) is -8.37. The molecule has 0 spiro atoms. The van der Waals surface area contributed by atoms with Crippen LogP contribution >= 0.6 is 0 Å². The van der Waals surface area contributed by atoms with Crippen molar-refractivity contribution >= 4 is 65.5 Å². The van der Waals surface area contributed by atoms with Crippen molar-refractivity contribution in [1.82, 2.24) is 48.3 Å². The lowest BCUT2D eigenvalue weighted by atomic mass is 10.0. The van der Waals surface area contributed by atoms with E-state index >= 15 is 0 Å². The molecular formula is C49H65N9O15. The van der Waals surface area contributed by atoms with Crippen molar-refractivity contribution in [3.05, 3.63) is 108 Å². The quantitative estimate of drug-likeness (QED) is 0.0411. The van der Waals surface area contributed by atoms with E-state index in [-0.39, 0.29) is 19.3 Å². The molecule has 0 heterocycles. The molecule has 0 saturated carbocycles. The van der Waals surface area contributed by atoms with E-state index in [9.17, 15) is 52.7 Å². The molecule has 24 heteroatoms. The zero-order valence-corrected chi connectivity index (χ0v) is 42.3. The number of carbonyl (C=O) groups is 11. The Morgan fingerprint density at radius 3 is 1.00 bits per heavy atom. The minimum Gasteiger partial charge on any atom is -0.462 e. The van der Waals surface area contributed by atoms with Gasteiger partial charge < -0.3 is 45.5 Å². The molecule has 73 heavy (non-hydrogen) atoms. The number of nitrogens with one attached hydrogen (secondary N) is 9. The van der Waals surface area contributed by atoms with Crippen LogP contribution in [0.1, 0.15) is 72.1 Å². The maximum absolute atomic E-state index is 13.1. The summed E-state index contributed by atoms with van der Waals surface area (Å²) in [7, 11) is 2.06. The van der Waals surface area contributed by atoms with E-state index < -0.39 is 107 Å². The van der Waals surface area contributed by atoms with Gasteiger partial charge in [-0.3, -0.25) is 55.3 Å². The van der Waals surface area contributed by atoms with Crippen LogP contribution in [0.15, 0.2) is 91.0 Å². The average Bonchev–Trinajstić information content (AvgIpc) is 3.33. The van der Waals surface area contributed by atoms with Gasteiger partial charge in [0.15, 0.2) is 0 Å². The summed E-state index contributed by atoms with van der Waals surface area (Å²) in [6.07, 6.45) is -1.42. The maximum Gasteiger partial charge on any atom is 0.408 e. The number of carbonyl (C=O) groups excluding carboxylic acids is 11. The van der Waals surface area contributed by atoms with Gasteiger partial charge in [0.05, 0.1) is 14.2 Å². The molecule has 3 aromatic carbocycles. The number of alkyl carbamates (subject to hydrolysis) is 2. The van der Waals surface area contributed by atoms with E-state index in [2.05, 4.69) is 57.8 Å². The highest BCUT2D eigenvalue weighted by atomic mass is 16.6. The standard InChI is InChI=1S/C29H37N5O8.C20H28N4O7/c1-18(30-24(36)21(16-19-12-8-6-9-13-19)32-28(40)42-29(2,3)4)23(35)33-34-25(37)22(31-26(38)27(39)41-5)17-20-14-10-7-11-15-20;1-12(21-19(29)31-20(2,3)4)15(25)23-24-16(26)14(22-17(27)18(28)30-5)11-13-9-7-6-8-10-13/h6-15,18,21-22H,16-17H2,1-5H3,(H,30,36)(H,31,38)(H,32,40)(H,33,35)(H,34,37);6-10,12,14H,11H2,1-5H3,(H,21,29)(H,22,27)(H,23,25)(H,24,26)/t18-,21-,22-;12-,14-/m00/s1. The summed E-state index contributed by atoms with van der Waals surface area (Å²) in [6, 6.07) is 20.7. The fraction of sp³-hybridized carbons (Fsp3) is 0.408. The number of ether oxygens (including phenoxy) is 4. The highest BCUT2D eigenvalue weighted by molar-refractivity contribution is 6.33. The van der Waals surface area contributed by atoms with Gasteiger partial charge in [0, 0.05) is 19.3 Å². The molecule has 0 aliphatic carbocycles. The first-order valence-electron chi connectivity index (χ1n) is 22.6. The second-order valence-electron chi connectivity index (χ2n) is 17.9. The number of hydrogen-bond donors (Lipinski definition) is 9. The predicted molar refractivity (Wildman–Crippen MR) is 260 cm³/mol. The van der Waals surface area contributed by atoms with E-state index in [1.807, 2.05) is 6.07 Å². The second kappa shape index (κ2) is 29.6. The predicted octanol–water partition coefficient (Wildman–Crippen LogP) is 0.623. The van der Waals surface area contributed by atoms with E-state index in [4.69, 9.17) is 9.47 Å². The van der Waals surface area contributed by atoms with Gasteiger partial charge >= 0.3 is 35.9 Å². The highest BCUT2D eigenvalue weighted by Crippen LogP contribution is 2.10. The molecule has 5 atom stereocenters.